The number of nitrogens with zero attached hydrogens (tertiary/aromatic N) is 1. The fraction of sp³-hybridized carbons (Fsp3) is 0.600. The molecule has 0 amide bonds. The first-order chi connectivity index (χ1) is 9.67. The molecule has 1 fully saturated rings. The molecular formula is C15H23ClN2O2. The molecule has 1 aliphatic carbocycles. The number of nitrogens with two attached hydrogens (primary N) is 1. The van der Waals surface area contributed by atoms with Gasteiger partial charge in [-0.25, -0.2) is 0 Å². The van der Waals surface area contributed by atoms with Gasteiger partial charge in [0.25, 0.3) is 0 Å². The summed E-state index contributed by atoms with van der Waals surface area (Å²) in [6, 6.07) is 4.65. The van der Waals surface area contributed by atoms with Crippen molar-refractivity contribution >= 4 is 11.6 Å². The van der Waals surface area contributed by atoms with Crippen LogP contribution in [-0.2, 0) is 0 Å². The van der Waals surface area contributed by atoms with Gasteiger partial charge in [-0.3, -0.25) is 4.90 Å². The summed E-state index contributed by atoms with van der Waals surface area (Å²) in [6.45, 7) is 3.67. The topological polar surface area (TPSA) is 47.7 Å². The predicted molar refractivity (Wildman–Crippen MR) is 81.8 cm³/mol. The Morgan fingerprint density at radius 1 is 1.35 bits per heavy atom. The van der Waals surface area contributed by atoms with E-state index in [1.165, 1.54) is 12.8 Å². The Balaban J connectivity index is 2.38. The fourth-order valence-corrected chi connectivity index (χ4v) is 3.10. The smallest absolute Gasteiger partial charge is 0.179 e. The van der Waals surface area contributed by atoms with Crippen LogP contribution in [-0.4, -0.2) is 38.3 Å². The molecule has 4 nitrogen and oxygen atoms in total. The van der Waals surface area contributed by atoms with Crippen molar-refractivity contribution < 1.29 is 9.47 Å². The zero-order valence-corrected chi connectivity index (χ0v) is 13.1. The summed E-state index contributed by atoms with van der Waals surface area (Å²) < 4.78 is 10.7. The zero-order valence-electron chi connectivity index (χ0n) is 12.4. The van der Waals surface area contributed by atoms with Gasteiger partial charge in [0.15, 0.2) is 11.5 Å². The fourth-order valence-electron chi connectivity index (χ4n) is 2.74. The quantitative estimate of drug-likeness (QED) is 0.841. The third kappa shape index (κ3) is 2.87. The Morgan fingerprint density at radius 3 is 2.50 bits per heavy atom. The van der Waals surface area contributed by atoms with Gasteiger partial charge in [-0.1, -0.05) is 24.6 Å². The van der Waals surface area contributed by atoms with Crippen LogP contribution in [0.15, 0.2) is 12.1 Å². The molecule has 0 saturated heterocycles. The Hall–Kier alpha value is -0.970. The van der Waals surface area contributed by atoms with E-state index in [9.17, 15) is 0 Å². The van der Waals surface area contributed by atoms with E-state index in [1.54, 1.807) is 14.2 Å². The number of rotatable bonds is 7. The number of benzene rings is 1. The third-order valence-corrected chi connectivity index (χ3v) is 4.27. The van der Waals surface area contributed by atoms with Crippen LogP contribution in [0.25, 0.3) is 0 Å². The highest BCUT2D eigenvalue weighted by molar-refractivity contribution is 6.33. The second-order valence-corrected chi connectivity index (χ2v) is 5.40. The minimum Gasteiger partial charge on any atom is -0.493 e. The lowest BCUT2D eigenvalue weighted by molar-refractivity contribution is 0.201. The van der Waals surface area contributed by atoms with Gasteiger partial charge in [0.05, 0.1) is 19.2 Å². The molecule has 0 bridgehead atoms. The average molecular weight is 299 g/mol. The lowest BCUT2D eigenvalue weighted by atomic mass is 10.0. The maximum absolute atomic E-state index is 6.51. The molecule has 2 rings (SSSR count). The Bertz CT molecular complexity index is 463. The number of hydrogen-bond donors (Lipinski definition) is 1. The summed E-state index contributed by atoms with van der Waals surface area (Å²) in [5, 5.41) is 0.599. The molecule has 112 valence electrons. The monoisotopic (exact) mass is 298 g/mol. The van der Waals surface area contributed by atoms with E-state index in [4.69, 9.17) is 26.8 Å². The van der Waals surface area contributed by atoms with Crippen molar-refractivity contribution in [3.8, 4) is 11.5 Å². The second-order valence-electron chi connectivity index (χ2n) is 5.02. The molecule has 0 spiro atoms. The van der Waals surface area contributed by atoms with Gasteiger partial charge in [0.1, 0.15) is 0 Å². The predicted octanol–water partition coefficient (Wildman–Crippen LogP) is 2.84. The van der Waals surface area contributed by atoms with Gasteiger partial charge < -0.3 is 15.2 Å². The summed E-state index contributed by atoms with van der Waals surface area (Å²) in [6.07, 6.45) is 2.49. The van der Waals surface area contributed by atoms with Crippen LogP contribution in [0.1, 0.15) is 31.4 Å². The van der Waals surface area contributed by atoms with Gasteiger partial charge in [-0.2, -0.15) is 0 Å². The van der Waals surface area contributed by atoms with Crippen molar-refractivity contribution in [2.75, 3.05) is 27.3 Å². The lowest BCUT2D eigenvalue weighted by Crippen LogP contribution is -2.35. The number of likely N-dealkylation sites (N-methyl/N-ethyl adjacent to an activating group) is 1. The van der Waals surface area contributed by atoms with Crippen LogP contribution in [0.2, 0.25) is 5.02 Å². The van der Waals surface area contributed by atoms with Crippen molar-refractivity contribution in [1.82, 2.24) is 4.90 Å². The van der Waals surface area contributed by atoms with Crippen molar-refractivity contribution in [3.63, 3.8) is 0 Å². The van der Waals surface area contributed by atoms with E-state index in [0.29, 0.717) is 29.1 Å². The standard InChI is InChI=1S/C15H23ClN2O2/c1-4-18(10-5-6-10)12(9-17)11-7-8-13(19-2)15(20-3)14(11)16/h7-8,10,12H,4-6,9,17H2,1-3H3. The molecule has 1 saturated carbocycles. The maximum atomic E-state index is 6.51. The van der Waals surface area contributed by atoms with Crippen LogP contribution in [0, 0.1) is 0 Å². The summed E-state index contributed by atoms with van der Waals surface area (Å²) >= 11 is 6.51. The zero-order chi connectivity index (χ0) is 14.7. The molecule has 20 heavy (non-hydrogen) atoms. The normalized spacial score (nSPS) is 16.3. The number of methoxy groups -OCH3 is 2. The average Bonchev–Trinajstić information content (AvgIpc) is 3.29. The molecule has 0 radical (unpaired) electrons. The highest BCUT2D eigenvalue weighted by atomic mass is 35.5. The van der Waals surface area contributed by atoms with Crippen LogP contribution in [0.5, 0.6) is 11.5 Å². The van der Waals surface area contributed by atoms with Gasteiger partial charge >= 0.3 is 0 Å². The molecule has 0 aliphatic heterocycles. The second kappa shape index (κ2) is 6.66. The Labute approximate surface area is 125 Å². The van der Waals surface area contributed by atoms with Crippen LogP contribution >= 0.6 is 11.6 Å². The van der Waals surface area contributed by atoms with Crippen molar-refractivity contribution in [3.05, 3.63) is 22.7 Å². The molecule has 5 heteroatoms. The van der Waals surface area contributed by atoms with Crippen molar-refractivity contribution in [1.29, 1.82) is 0 Å². The SMILES string of the molecule is CCN(C1CC1)C(CN)c1ccc(OC)c(OC)c1Cl. The van der Waals surface area contributed by atoms with E-state index in [-0.39, 0.29) is 6.04 Å². The first-order valence-corrected chi connectivity index (χ1v) is 7.41. The van der Waals surface area contributed by atoms with Crippen LogP contribution in [0.3, 0.4) is 0 Å². The van der Waals surface area contributed by atoms with Gasteiger partial charge in [-0.05, 0) is 31.0 Å². The van der Waals surface area contributed by atoms with Crippen LogP contribution < -0.4 is 15.2 Å². The first-order valence-electron chi connectivity index (χ1n) is 7.04. The first kappa shape index (κ1) is 15.4. The Kier molecular flexibility index (Phi) is 5.13. The number of ether oxygens (including phenoxy) is 2. The molecule has 1 unspecified atom stereocenters. The third-order valence-electron chi connectivity index (χ3n) is 3.88. The highest BCUT2D eigenvalue weighted by Gasteiger charge is 2.34. The molecule has 0 aromatic heterocycles. The maximum Gasteiger partial charge on any atom is 0.179 e. The summed E-state index contributed by atoms with van der Waals surface area (Å²) in [5.74, 6) is 1.23. The molecule has 2 N–H and O–H groups in total. The lowest BCUT2D eigenvalue weighted by Gasteiger charge is -2.31. The van der Waals surface area contributed by atoms with E-state index in [2.05, 4.69) is 11.8 Å². The van der Waals surface area contributed by atoms with Gasteiger partial charge in [-0.15, -0.1) is 0 Å². The minimum atomic E-state index is 0.125. The largest absolute Gasteiger partial charge is 0.493 e. The highest BCUT2D eigenvalue weighted by Crippen LogP contribution is 2.42. The van der Waals surface area contributed by atoms with E-state index >= 15 is 0 Å². The van der Waals surface area contributed by atoms with E-state index in [1.807, 2.05) is 12.1 Å². The van der Waals surface area contributed by atoms with E-state index < -0.39 is 0 Å². The van der Waals surface area contributed by atoms with Crippen molar-refractivity contribution in [2.24, 2.45) is 5.73 Å². The molecule has 1 atom stereocenters. The van der Waals surface area contributed by atoms with Gasteiger partial charge in [0, 0.05) is 18.6 Å². The molecular weight excluding hydrogens is 276 g/mol. The van der Waals surface area contributed by atoms with Crippen LogP contribution in [0.4, 0.5) is 0 Å². The minimum absolute atomic E-state index is 0.125. The molecule has 1 aromatic carbocycles. The molecule has 0 heterocycles. The number of hydrogen-bond acceptors (Lipinski definition) is 4. The van der Waals surface area contributed by atoms with Crippen molar-refractivity contribution in [2.45, 2.75) is 31.8 Å². The summed E-state index contributed by atoms with van der Waals surface area (Å²) in [4.78, 5) is 2.42. The van der Waals surface area contributed by atoms with Gasteiger partial charge in [0.2, 0.25) is 0 Å². The summed E-state index contributed by atoms with van der Waals surface area (Å²) in [5.41, 5.74) is 7.02. The molecule has 1 aromatic rings. The number of halogens is 1. The van der Waals surface area contributed by atoms with E-state index in [0.717, 1.165) is 12.1 Å². The summed E-state index contributed by atoms with van der Waals surface area (Å²) in [7, 11) is 3.21. The molecule has 1 aliphatic rings. The Morgan fingerprint density at radius 2 is 2.05 bits per heavy atom.